The van der Waals surface area contributed by atoms with E-state index in [9.17, 15) is 13.6 Å². The van der Waals surface area contributed by atoms with E-state index in [1.54, 1.807) is 0 Å². The summed E-state index contributed by atoms with van der Waals surface area (Å²) in [7, 11) is 0. The van der Waals surface area contributed by atoms with Gasteiger partial charge < -0.3 is 10.4 Å². The Morgan fingerprint density at radius 1 is 1.16 bits per heavy atom. The molecule has 98 valence electrons. The van der Waals surface area contributed by atoms with Crippen LogP contribution < -0.4 is 5.32 Å². The van der Waals surface area contributed by atoms with Crippen LogP contribution in [0.15, 0.2) is 36.4 Å². The number of nitrogens with one attached hydrogen (secondary N) is 1. The van der Waals surface area contributed by atoms with Crippen LogP contribution in [0.25, 0.3) is 0 Å². The zero-order valence-electron chi connectivity index (χ0n) is 9.45. The van der Waals surface area contributed by atoms with Crippen molar-refractivity contribution in [3.8, 4) is 0 Å². The van der Waals surface area contributed by atoms with Gasteiger partial charge in [-0.25, -0.2) is 13.6 Å². The number of hydrogen-bond donors (Lipinski definition) is 2. The van der Waals surface area contributed by atoms with Gasteiger partial charge in [-0.3, -0.25) is 0 Å². The first-order chi connectivity index (χ1) is 8.99. The number of halogens is 3. The van der Waals surface area contributed by atoms with Gasteiger partial charge in [0.1, 0.15) is 11.6 Å². The van der Waals surface area contributed by atoms with Crippen LogP contribution in [0, 0.1) is 11.6 Å². The van der Waals surface area contributed by atoms with Crippen molar-refractivity contribution >= 4 is 28.9 Å². The summed E-state index contributed by atoms with van der Waals surface area (Å²) in [6, 6.07) is 7.41. The highest BCUT2D eigenvalue weighted by atomic mass is 35.5. The average molecular weight is 284 g/mol. The van der Waals surface area contributed by atoms with Crippen molar-refractivity contribution in [3.63, 3.8) is 0 Å². The molecule has 0 aliphatic heterocycles. The number of hydrogen-bond acceptors (Lipinski definition) is 2. The lowest BCUT2D eigenvalue weighted by atomic mass is 10.1. The van der Waals surface area contributed by atoms with E-state index >= 15 is 0 Å². The van der Waals surface area contributed by atoms with E-state index in [1.807, 2.05) is 0 Å². The second kappa shape index (κ2) is 5.24. The Labute approximate surface area is 112 Å². The molecule has 6 heteroatoms. The second-order valence-electron chi connectivity index (χ2n) is 3.72. The third kappa shape index (κ3) is 2.82. The number of rotatable bonds is 3. The topological polar surface area (TPSA) is 49.3 Å². The van der Waals surface area contributed by atoms with Gasteiger partial charge in [0, 0.05) is 5.69 Å². The van der Waals surface area contributed by atoms with Crippen molar-refractivity contribution in [1.29, 1.82) is 0 Å². The molecule has 0 radical (unpaired) electrons. The molecule has 0 spiro atoms. The van der Waals surface area contributed by atoms with E-state index < -0.39 is 17.6 Å². The lowest BCUT2D eigenvalue weighted by Crippen LogP contribution is -2.05. The molecule has 0 aliphatic carbocycles. The van der Waals surface area contributed by atoms with Crippen LogP contribution >= 0.6 is 11.6 Å². The lowest BCUT2D eigenvalue weighted by Gasteiger charge is -2.11. The van der Waals surface area contributed by atoms with Gasteiger partial charge in [-0.2, -0.15) is 0 Å². The molecule has 2 N–H and O–H groups in total. The lowest BCUT2D eigenvalue weighted by molar-refractivity contribution is 0.0697. The van der Waals surface area contributed by atoms with Crippen molar-refractivity contribution in [3.05, 3.63) is 58.6 Å². The molecule has 0 unspecified atom stereocenters. The largest absolute Gasteiger partial charge is 0.478 e. The predicted octanol–water partition coefficient (Wildman–Crippen LogP) is 4.06. The van der Waals surface area contributed by atoms with Crippen LogP contribution in [0.3, 0.4) is 0 Å². The normalized spacial score (nSPS) is 10.3. The summed E-state index contributed by atoms with van der Waals surface area (Å²) < 4.78 is 26.9. The van der Waals surface area contributed by atoms with Gasteiger partial charge >= 0.3 is 5.97 Å². The fraction of sp³-hybridized carbons (Fsp3) is 0. The predicted molar refractivity (Wildman–Crippen MR) is 68.1 cm³/mol. The van der Waals surface area contributed by atoms with E-state index in [1.165, 1.54) is 24.3 Å². The molecule has 0 saturated heterocycles. The Morgan fingerprint density at radius 3 is 2.53 bits per heavy atom. The van der Waals surface area contributed by atoms with Crippen LogP contribution in [0.2, 0.25) is 5.02 Å². The molecule has 2 rings (SSSR count). The molecule has 0 fully saturated rings. The smallest absolute Gasteiger partial charge is 0.337 e. The van der Waals surface area contributed by atoms with E-state index in [0.717, 1.165) is 12.1 Å². The minimum Gasteiger partial charge on any atom is -0.478 e. The zero-order chi connectivity index (χ0) is 14.0. The third-order valence-electron chi connectivity index (χ3n) is 2.43. The Morgan fingerprint density at radius 2 is 1.89 bits per heavy atom. The highest BCUT2D eigenvalue weighted by Crippen LogP contribution is 2.26. The van der Waals surface area contributed by atoms with Gasteiger partial charge in [-0.1, -0.05) is 17.7 Å². The first kappa shape index (κ1) is 13.3. The molecule has 0 aliphatic rings. The van der Waals surface area contributed by atoms with E-state index in [4.69, 9.17) is 16.7 Å². The Kier molecular flexibility index (Phi) is 3.66. The van der Waals surface area contributed by atoms with Crippen LogP contribution in [0.4, 0.5) is 20.2 Å². The molecule has 3 nitrogen and oxygen atoms in total. The molecule has 2 aromatic carbocycles. The number of aromatic carboxylic acids is 1. The standard InChI is InChI=1S/C13H8ClF2NO2/c14-9-5-4-7(6-11(9)16)17-12-8(13(18)19)2-1-3-10(12)15/h1-6,17H,(H,18,19). The highest BCUT2D eigenvalue weighted by Gasteiger charge is 2.14. The summed E-state index contributed by atoms with van der Waals surface area (Å²) >= 11 is 5.53. The molecule has 0 amide bonds. The Balaban J connectivity index is 2.42. The maximum absolute atomic E-state index is 13.6. The number of anilines is 2. The second-order valence-corrected chi connectivity index (χ2v) is 4.13. The maximum atomic E-state index is 13.6. The zero-order valence-corrected chi connectivity index (χ0v) is 10.2. The van der Waals surface area contributed by atoms with E-state index in [-0.39, 0.29) is 22.0 Å². The van der Waals surface area contributed by atoms with Crippen LogP contribution in [-0.4, -0.2) is 11.1 Å². The summed E-state index contributed by atoms with van der Waals surface area (Å²) in [5.74, 6) is -2.70. The van der Waals surface area contributed by atoms with Gasteiger partial charge in [0.15, 0.2) is 0 Å². The molecule has 0 bridgehead atoms. The molecule has 19 heavy (non-hydrogen) atoms. The van der Waals surface area contributed by atoms with Crippen molar-refractivity contribution in [2.45, 2.75) is 0 Å². The molecule has 0 aromatic heterocycles. The van der Waals surface area contributed by atoms with Gasteiger partial charge in [0.25, 0.3) is 0 Å². The van der Waals surface area contributed by atoms with Crippen LogP contribution in [0.5, 0.6) is 0 Å². The summed E-state index contributed by atoms with van der Waals surface area (Å²) in [4.78, 5) is 11.0. The minimum atomic E-state index is -1.28. The summed E-state index contributed by atoms with van der Waals surface area (Å²) in [5.41, 5.74) is -0.262. The number of carboxylic acids is 1. The van der Waals surface area contributed by atoms with E-state index in [2.05, 4.69) is 5.32 Å². The summed E-state index contributed by atoms with van der Waals surface area (Å²) in [6.07, 6.45) is 0. The fourth-order valence-electron chi connectivity index (χ4n) is 1.55. The van der Waals surface area contributed by atoms with Crippen molar-refractivity contribution < 1.29 is 18.7 Å². The monoisotopic (exact) mass is 283 g/mol. The van der Waals surface area contributed by atoms with Crippen LogP contribution in [-0.2, 0) is 0 Å². The van der Waals surface area contributed by atoms with Gasteiger partial charge in [0.05, 0.1) is 16.3 Å². The third-order valence-corrected chi connectivity index (χ3v) is 2.74. The van der Waals surface area contributed by atoms with Gasteiger partial charge in [-0.05, 0) is 30.3 Å². The summed E-state index contributed by atoms with van der Waals surface area (Å²) in [5, 5.41) is 11.4. The van der Waals surface area contributed by atoms with E-state index in [0.29, 0.717) is 0 Å². The average Bonchev–Trinajstić information content (AvgIpc) is 2.36. The number of benzene rings is 2. The molecule has 0 atom stereocenters. The Bertz CT molecular complexity index is 647. The maximum Gasteiger partial charge on any atom is 0.337 e. The summed E-state index contributed by atoms with van der Waals surface area (Å²) in [6.45, 7) is 0. The minimum absolute atomic E-state index is 0.0717. The molecular weight excluding hydrogens is 276 g/mol. The fourth-order valence-corrected chi connectivity index (χ4v) is 1.67. The van der Waals surface area contributed by atoms with Crippen molar-refractivity contribution in [2.24, 2.45) is 0 Å². The first-order valence-corrected chi connectivity index (χ1v) is 5.60. The number of carboxylic acid groups (broad SMARTS) is 1. The highest BCUT2D eigenvalue weighted by molar-refractivity contribution is 6.30. The van der Waals surface area contributed by atoms with Gasteiger partial charge in [0.2, 0.25) is 0 Å². The first-order valence-electron chi connectivity index (χ1n) is 5.23. The molecule has 0 heterocycles. The quantitative estimate of drug-likeness (QED) is 0.893. The molecule has 0 saturated carbocycles. The molecule has 2 aromatic rings. The molecular formula is C13H8ClF2NO2. The van der Waals surface area contributed by atoms with Crippen LogP contribution in [0.1, 0.15) is 10.4 Å². The number of carbonyl (C=O) groups is 1. The van der Waals surface area contributed by atoms with Crippen molar-refractivity contribution in [2.75, 3.05) is 5.32 Å². The van der Waals surface area contributed by atoms with Gasteiger partial charge in [-0.15, -0.1) is 0 Å². The van der Waals surface area contributed by atoms with Crippen molar-refractivity contribution in [1.82, 2.24) is 0 Å². The number of para-hydroxylation sites is 1. The SMILES string of the molecule is O=C(O)c1cccc(F)c1Nc1ccc(Cl)c(F)c1. The Hall–Kier alpha value is -2.14.